The number of carboxylic acids is 1. The Labute approximate surface area is 135 Å². The Kier molecular flexibility index (Phi) is 4.57. The molecule has 0 bridgehead atoms. The number of rotatable bonds is 4. The van der Waals surface area contributed by atoms with E-state index in [2.05, 4.69) is 0 Å². The fraction of sp³-hybridized carbons (Fsp3) is 0.133. The zero-order valence-electron chi connectivity index (χ0n) is 12.3. The summed E-state index contributed by atoms with van der Waals surface area (Å²) in [4.78, 5) is 10.2. The number of sulfonamides is 1. The first-order chi connectivity index (χ1) is 11.0. The van der Waals surface area contributed by atoms with Crippen molar-refractivity contribution in [2.24, 2.45) is 0 Å². The average molecular weight is 359 g/mol. The van der Waals surface area contributed by atoms with E-state index in [1.807, 2.05) is 4.72 Å². The fourth-order valence-electron chi connectivity index (χ4n) is 2.06. The van der Waals surface area contributed by atoms with Gasteiger partial charge in [0.25, 0.3) is 10.0 Å². The van der Waals surface area contributed by atoms with Gasteiger partial charge in [-0.3, -0.25) is 4.72 Å². The Morgan fingerprint density at radius 3 is 2.33 bits per heavy atom. The minimum atomic E-state index is -4.87. The molecule has 0 saturated carbocycles. The maximum Gasteiger partial charge on any atom is 0.417 e. The summed E-state index contributed by atoms with van der Waals surface area (Å²) >= 11 is 0. The van der Waals surface area contributed by atoms with Gasteiger partial charge in [0, 0.05) is 0 Å². The number of alkyl halides is 3. The van der Waals surface area contributed by atoms with Gasteiger partial charge in [0.05, 0.1) is 21.7 Å². The van der Waals surface area contributed by atoms with Crippen molar-refractivity contribution in [1.82, 2.24) is 0 Å². The predicted octanol–water partition coefficient (Wildman–Crippen LogP) is 3.51. The molecule has 0 atom stereocenters. The second kappa shape index (κ2) is 6.16. The van der Waals surface area contributed by atoms with Crippen LogP contribution >= 0.6 is 0 Å². The van der Waals surface area contributed by atoms with Gasteiger partial charge in [-0.2, -0.15) is 13.2 Å². The molecule has 0 unspecified atom stereocenters. The standard InChI is InChI=1S/C15H12F3NO4S/c1-9-6-7-12(10(8-9)14(20)21)19-24(22,23)13-5-3-2-4-11(13)15(16,17)18/h2-8,19H,1H3,(H,20,21). The maximum atomic E-state index is 13.0. The van der Waals surface area contributed by atoms with E-state index in [4.69, 9.17) is 5.11 Å². The normalized spacial score (nSPS) is 12.0. The van der Waals surface area contributed by atoms with Crippen LogP contribution in [0.2, 0.25) is 0 Å². The molecule has 0 amide bonds. The van der Waals surface area contributed by atoms with Gasteiger partial charge in [-0.1, -0.05) is 23.8 Å². The first-order valence-corrected chi connectivity index (χ1v) is 8.03. The van der Waals surface area contributed by atoms with Crippen molar-refractivity contribution < 1.29 is 31.5 Å². The summed E-state index contributed by atoms with van der Waals surface area (Å²) in [7, 11) is -4.63. The summed E-state index contributed by atoms with van der Waals surface area (Å²) in [5, 5.41) is 9.13. The van der Waals surface area contributed by atoms with Crippen LogP contribution in [0.3, 0.4) is 0 Å². The van der Waals surface area contributed by atoms with Crippen molar-refractivity contribution in [2.75, 3.05) is 4.72 Å². The molecule has 5 nitrogen and oxygen atoms in total. The van der Waals surface area contributed by atoms with Crippen molar-refractivity contribution in [3.05, 3.63) is 59.2 Å². The summed E-state index contributed by atoms with van der Waals surface area (Å²) in [6.45, 7) is 1.60. The van der Waals surface area contributed by atoms with Gasteiger partial charge in [0.15, 0.2) is 0 Å². The van der Waals surface area contributed by atoms with Crippen molar-refractivity contribution in [1.29, 1.82) is 0 Å². The molecule has 2 N–H and O–H groups in total. The predicted molar refractivity (Wildman–Crippen MR) is 80.4 cm³/mol. The number of aryl methyl sites for hydroxylation is 1. The van der Waals surface area contributed by atoms with Gasteiger partial charge in [-0.05, 0) is 31.2 Å². The van der Waals surface area contributed by atoms with Crippen LogP contribution in [-0.2, 0) is 16.2 Å². The molecule has 2 rings (SSSR count). The molecule has 0 heterocycles. The second-order valence-corrected chi connectivity index (χ2v) is 6.60. The highest BCUT2D eigenvalue weighted by molar-refractivity contribution is 7.92. The van der Waals surface area contributed by atoms with Gasteiger partial charge in [-0.25, -0.2) is 13.2 Å². The summed E-state index contributed by atoms with van der Waals surface area (Å²) in [6, 6.07) is 7.51. The molecule has 128 valence electrons. The number of benzene rings is 2. The topological polar surface area (TPSA) is 83.5 Å². The van der Waals surface area contributed by atoms with Crippen LogP contribution in [0.15, 0.2) is 47.4 Å². The third-order valence-corrected chi connectivity index (χ3v) is 4.56. The van der Waals surface area contributed by atoms with Gasteiger partial charge in [-0.15, -0.1) is 0 Å². The monoisotopic (exact) mass is 359 g/mol. The molecule has 2 aromatic rings. The number of carbonyl (C=O) groups is 1. The summed E-state index contributed by atoms with van der Waals surface area (Å²) in [6.07, 6.45) is -4.87. The highest BCUT2D eigenvalue weighted by Gasteiger charge is 2.37. The summed E-state index contributed by atoms with van der Waals surface area (Å²) in [5.41, 5.74) is -1.44. The molecule has 0 radical (unpaired) electrons. The van der Waals surface area contributed by atoms with Crippen LogP contribution in [-0.4, -0.2) is 19.5 Å². The highest BCUT2D eigenvalue weighted by Crippen LogP contribution is 2.34. The van der Waals surface area contributed by atoms with Crippen LogP contribution in [0.1, 0.15) is 21.5 Å². The second-order valence-electron chi connectivity index (χ2n) is 4.95. The molecule has 0 aliphatic rings. The average Bonchev–Trinajstić information content (AvgIpc) is 2.48. The molecule has 24 heavy (non-hydrogen) atoms. The van der Waals surface area contributed by atoms with Crippen LogP contribution in [0.5, 0.6) is 0 Å². The van der Waals surface area contributed by atoms with E-state index in [-0.39, 0.29) is 11.3 Å². The molecular weight excluding hydrogens is 347 g/mol. The lowest BCUT2D eigenvalue weighted by Gasteiger charge is -2.15. The number of hydrogen-bond acceptors (Lipinski definition) is 3. The van der Waals surface area contributed by atoms with E-state index < -0.39 is 32.6 Å². The lowest BCUT2D eigenvalue weighted by Crippen LogP contribution is -2.20. The molecule has 2 aromatic carbocycles. The zero-order chi connectivity index (χ0) is 18.1. The third kappa shape index (κ3) is 3.67. The molecule has 0 aliphatic carbocycles. The molecule has 0 aromatic heterocycles. The SMILES string of the molecule is Cc1ccc(NS(=O)(=O)c2ccccc2C(F)(F)F)c(C(=O)O)c1. The molecule has 0 fully saturated rings. The Hall–Kier alpha value is -2.55. The van der Waals surface area contributed by atoms with Crippen LogP contribution in [0.25, 0.3) is 0 Å². The first-order valence-electron chi connectivity index (χ1n) is 6.55. The van der Waals surface area contributed by atoms with Gasteiger partial charge < -0.3 is 5.11 Å². The molecule has 0 spiro atoms. The van der Waals surface area contributed by atoms with Gasteiger partial charge in [0.1, 0.15) is 0 Å². The Balaban J connectivity index is 2.54. The Morgan fingerprint density at radius 1 is 1.12 bits per heavy atom. The van der Waals surface area contributed by atoms with Crippen LogP contribution in [0, 0.1) is 6.92 Å². The van der Waals surface area contributed by atoms with E-state index >= 15 is 0 Å². The van der Waals surface area contributed by atoms with Crippen molar-refractivity contribution in [3.63, 3.8) is 0 Å². The highest BCUT2D eigenvalue weighted by atomic mass is 32.2. The Bertz CT molecular complexity index is 892. The van der Waals surface area contributed by atoms with Crippen molar-refractivity contribution in [3.8, 4) is 0 Å². The number of nitrogens with one attached hydrogen (secondary N) is 1. The van der Waals surface area contributed by atoms with E-state index in [9.17, 15) is 26.4 Å². The van der Waals surface area contributed by atoms with Crippen molar-refractivity contribution in [2.45, 2.75) is 18.0 Å². The van der Waals surface area contributed by atoms with Crippen LogP contribution in [0.4, 0.5) is 18.9 Å². The van der Waals surface area contributed by atoms with Gasteiger partial charge in [0.2, 0.25) is 0 Å². The quantitative estimate of drug-likeness (QED) is 0.875. The smallest absolute Gasteiger partial charge is 0.417 e. The summed E-state index contributed by atoms with van der Waals surface area (Å²) in [5.74, 6) is -1.40. The minimum absolute atomic E-state index is 0.315. The number of halogens is 3. The van der Waals surface area contributed by atoms with E-state index in [1.165, 1.54) is 18.2 Å². The minimum Gasteiger partial charge on any atom is -0.478 e. The molecular formula is C15H12F3NO4S. The lowest BCUT2D eigenvalue weighted by molar-refractivity contribution is -0.139. The van der Waals surface area contributed by atoms with E-state index in [1.54, 1.807) is 6.92 Å². The molecule has 0 saturated heterocycles. The van der Waals surface area contributed by atoms with E-state index in [0.29, 0.717) is 11.6 Å². The van der Waals surface area contributed by atoms with Gasteiger partial charge >= 0.3 is 12.1 Å². The fourth-order valence-corrected chi connectivity index (χ4v) is 3.37. The molecule has 9 heteroatoms. The maximum absolute atomic E-state index is 13.0. The molecule has 0 aliphatic heterocycles. The first kappa shape index (κ1) is 17.8. The van der Waals surface area contributed by atoms with E-state index in [0.717, 1.165) is 18.2 Å². The van der Waals surface area contributed by atoms with Crippen LogP contribution < -0.4 is 4.72 Å². The summed E-state index contributed by atoms with van der Waals surface area (Å²) < 4.78 is 65.5. The Morgan fingerprint density at radius 2 is 1.75 bits per heavy atom. The number of carboxylic acid groups (broad SMARTS) is 1. The lowest BCUT2D eigenvalue weighted by atomic mass is 10.1. The number of aromatic carboxylic acids is 1. The number of anilines is 1. The third-order valence-electron chi connectivity index (χ3n) is 3.13. The zero-order valence-corrected chi connectivity index (χ0v) is 13.1. The largest absolute Gasteiger partial charge is 0.478 e. The number of hydrogen-bond donors (Lipinski definition) is 2. The van der Waals surface area contributed by atoms with Crippen molar-refractivity contribution >= 4 is 21.7 Å².